The van der Waals surface area contributed by atoms with Gasteiger partial charge in [-0.1, -0.05) is 213 Å². The third-order valence-corrected chi connectivity index (χ3v) is 13.8. The second-order valence-electron chi connectivity index (χ2n) is 16.9. The Hall–Kier alpha value is -7.53. The fraction of sp³-hybridized carbons (Fsp3) is 0.0517. The van der Waals surface area contributed by atoms with E-state index < -0.39 is 8.07 Å². The van der Waals surface area contributed by atoms with E-state index in [2.05, 4.69) is 232 Å². The van der Waals surface area contributed by atoms with E-state index in [0.29, 0.717) is 17.5 Å². The molecule has 0 N–H and O–H groups in total. The average Bonchev–Trinajstić information content (AvgIpc) is 3.34. The maximum atomic E-state index is 5.19. The van der Waals surface area contributed by atoms with Crippen LogP contribution in [0.4, 0.5) is 0 Å². The van der Waals surface area contributed by atoms with Gasteiger partial charge < -0.3 is 0 Å². The van der Waals surface area contributed by atoms with Crippen LogP contribution in [0.3, 0.4) is 0 Å². The van der Waals surface area contributed by atoms with Crippen molar-refractivity contribution in [3.63, 3.8) is 0 Å². The van der Waals surface area contributed by atoms with Gasteiger partial charge in [-0.2, -0.15) is 0 Å². The second kappa shape index (κ2) is 16.5. The summed E-state index contributed by atoms with van der Waals surface area (Å²) in [4.78, 5) is 15.5. The molecule has 10 aromatic rings. The Kier molecular flexibility index (Phi) is 10.3. The van der Waals surface area contributed by atoms with Crippen LogP contribution in [0, 0.1) is 0 Å². The van der Waals surface area contributed by atoms with Crippen molar-refractivity contribution < 1.29 is 0 Å². The van der Waals surface area contributed by atoms with Crippen LogP contribution in [-0.2, 0) is 0 Å². The second-order valence-corrected chi connectivity index (χ2v) is 22.0. The van der Waals surface area contributed by atoms with Gasteiger partial charge in [0.05, 0.1) is 8.07 Å². The van der Waals surface area contributed by atoms with E-state index in [4.69, 9.17) is 15.0 Å². The number of rotatable bonds is 9. The van der Waals surface area contributed by atoms with E-state index in [0.717, 1.165) is 55.3 Å². The number of benzene rings is 9. The molecule has 10 rings (SSSR count). The lowest BCUT2D eigenvalue weighted by molar-refractivity contribution is 1.08. The smallest absolute Gasteiger partial charge is 0.164 e. The largest absolute Gasteiger partial charge is 0.208 e. The summed E-state index contributed by atoms with van der Waals surface area (Å²) in [5.74, 6) is 1.90. The summed E-state index contributed by atoms with van der Waals surface area (Å²) in [6.07, 6.45) is 0. The summed E-state index contributed by atoms with van der Waals surface area (Å²) in [5.41, 5.74) is 14.5. The molecule has 0 radical (unpaired) electrons. The molecule has 0 unspecified atom stereocenters. The normalized spacial score (nSPS) is 11.5. The molecule has 9 aromatic carbocycles. The van der Waals surface area contributed by atoms with E-state index in [1.54, 1.807) is 0 Å². The van der Waals surface area contributed by atoms with Crippen LogP contribution in [0.25, 0.3) is 101 Å². The molecule has 4 heteroatoms. The van der Waals surface area contributed by atoms with E-state index in [1.807, 2.05) is 6.07 Å². The fourth-order valence-electron chi connectivity index (χ4n) is 8.28. The number of hydrogen-bond donors (Lipinski definition) is 0. The van der Waals surface area contributed by atoms with Crippen molar-refractivity contribution in [2.24, 2.45) is 0 Å². The molecular weight excluding hydrogens is 767 g/mol. The quantitative estimate of drug-likeness (QED) is 0.136. The molecule has 3 nitrogen and oxygen atoms in total. The van der Waals surface area contributed by atoms with Crippen molar-refractivity contribution in [1.29, 1.82) is 0 Å². The van der Waals surface area contributed by atoms with Crippen molar-refractivity contribution in [1.82, 2.24) is 15.0 Å². The third kappa shape index (κ3) is 8.04. The van der Waals surface area contributed by atoms with Gasteiger partial charge in [-0.15, -0.1) is 0 Å². The monoisotopic (exact) mass is 811 g/mol. The zero-order valence-electron chi connectivity index (χ0n) is 35.1. The van der Waals surface area contributed by atoms with Crippen molar-refractivity contribution in [3.8, 4) is 89.8 Å². The van der Waals surface area contributed by atoms with E-state index in [-0.39, 0.29) is 0 Å². The predicted octanol–water partition coefficient (Wildman–Crippen LogP) is 14.9. The third-order valence-electron chi connectivity index (χ3n) is 11.7. The topological polar surface area (TPSA) is 38.7 Å². The van der Waals surface area contributed by atoms with Gasteiger partial charge in [0, 0.05) is 16.7 Å². The first-order valence-electron chi connectivity index (χ1n) is 21.3. The number of hydrogen-bond acceptors (Lipinski definition) is 3. The lowest BCUT2D eigenvalue weighted by atomic mass is 9.94. The van der Waals surface area contributed by atoms with E-state index in [1.165, 1.54) is 33.0 Å². The first kappa shape index (κ1) is 38.7. The Morgan fingerprint density at radius 2 is 0.613 bits per heavy atom. The summed E-state index contributed by atoms with van der Waals surface area (Å²) in [6.45, 7) is 7.18. The summed E-state index contributed by atoms with van der Waals surface area (Å²) in [6, 6.07) is 77.9. The number of aromatic nitrogens is 3. The minimum atomic E-state index is -1.36. The first-order chi connectivity index (χ1) is 30.3. The summed E-state index contributed by atoms with van der Waals surface area (Å²) in [5, 5.41) is 3.72. The summed E-state index contributed by atoms with van der Waals surface area (Å²) >= 11 is 0. The van der Waals surface area contributed by atoms with E-state index in [9.17, 15) is 0 Å². The Bertz CT molecular complexity index is 3220. The molecule has 0 aliphatic rings. The molecule has 0 amide bonds. The Morgan fingerprint density at radius 3 is 1.10 bits per heavy atom. The highest BCUT2D eigenvalue weighted by atomic mass is 28.3. The first-order valence-corrected chi connectivity index (χ1v) is 24.8. The Labute approximate surface area is 365 Å². The number of fused-ring (bicyclic) bond motifs is 1. The SMILES string of the molecule is C[Si](C)(C)c1ccc(-c2cccc(-c3cccc(-c4cccc(-c5cccc(-c6nc(-c7cccc(-c8ccccc8)c7)nc(-c7cccc8ccccc78)n6)c5)c4)c3)c2)cc1. The van der Waals surface area contributed by atoms with Crippen molar-refractivity contribution in [3.05, 3.63) is 218 Å². The van der Waals surface area contributed by atoms with Gasteiger partial charge >= 0.3 is 0 Å². The van der Waals surface area contributed by atoms with Gasteiger partial charge in [-0.05, 0) is 96.7 Å². The van der Waals surface area contributed by atoms with Crippen LogP contribution in [0.5, 0.6) is 0 Å². The van der Waals surface area contributed by atoms with Crippen LogP contribution in [-0.4, -0.2) is 23.0 Å². The Balaban J connectivity index is 1.00. The number of nitrogens with zero attached hydrogens (tertiary/aromatic N) is 3. The summed E-state index contributed by atoms with van der Waals surface area (Å²) in [7, 11) is -1.36. The molecule has 296 valence electrons. The average molecular weight is 812 g/mol. The van der Waals surface area contributed by atoms with E-state index >= 15 is 0 Å². The zero-order valence-corrected chi connectivity index (χ0v) is 36.1. The highest BCUT2D eigenvalue weighted by molar-refractivity contribution is 6.88. The standard InChI is InChI=1S/C58H45N3Si/c1-62(2,3)53-33-31-41(32-34-53)43-19-9-21-45(35-43)46-22-10-23-47(36-46)48-24-11-25-49(37-48)50-26-13-28-52(39-50)57-59-56(51-27-12-20-44(38-51)40-15-5-4-6-16-40)60-58(61-57)55-30-14-18-42-17-7-8-29-54(42)55/h4-39H,1-3H3. The van der Waals surface area contributed by atoms with Gasteiger partial charge in [0.1, 0.15) is 0 Å². The lowest BCUT2D eigenvalue weighted by Crippen LogP contribution is -2.37. The molecule has 0 aliphatic carbocycles. The van der Waals surface area contributed by atoms with Crippen LogP contribution >= 0.6 is 0 Å². The predicted molar refractivity (Wildman–Crippen MR) is 264 cm³/mol. The van der Waals surface area contributed by atoms with Gasteiger partial charge in [0.2, 0.25) is 0 Å². The van der Waals surface area contributed by atoms with Crippen LogP contribution < -0.4 is 5.19 Å². The molecular formula is C58H45N3Si. The molecule has 0 aliphatic heterocycles. The highest BCUT2D eigenvalue weighted by Crippen LogP contribution is 2.35. The van der Waals surface area contributed by atoms with Crippen molar-refractivity contribution in [2.75, 3.05) is 0 Å². The van der Waals surface area contributed by atoms with Gasteiger partial charge in [0.15, 0.2) is 17.5 Å². The van der Waals surface area contributed by atoms with Gasteiger partial charge in [-0.25, -0.2) is 15.0 Å². The molecule has 0 bridgehead atoms. The summed E-state index contributed by atoms with van der Waals surface area (Å²) < 4.78 is 0. The van der Waals surface area contributed by atoms with Crippen LogP contribution in [0.15, 0.2) is 218 Å². The van der Waals surface area contributed by atoms with Gasteiger partial charge in [-0.3, -0.25) is 0 Å². The molecule has 1 heterocycles. The van der Waals surface area contributed by atoms with Crippen molar-refractivity contribution >= 4 is 24.0 Å². The van der Waals surface area contributed by atoms with Gasteiger partial charge in [0.25, 0.3) is 0 Å². The fourth-order valence-corrected chi connectivity index (χ4v) is 9.45. The van der Waals surface area contributed by atoms with Crippen LogP contribution in [0.1, 0.15) is 0 Å². The molecule has 62 heavy (non-hydrogen) atoms. The maximum Gasteiger partial charge on any atom is 0.164 e. The lowest BCUT2D eigenvalue weighted by Gasteiger charge is -2.17. The molecule has 0 saturated carbocycles. The molecule has 0 saturated heterocycles. The zero-order chi connectivity index (χ0) is 42.0. The molecule has 0 fully saturated rings. The molecule has 0 spiro atoms. The molecule has 0 atom stereocenters. The van der Waals surface area contributed by atoms with Crippen LogP contribution in [0.2, 0.25) is 19.6 Å². The van der Waals surface area contributed by atoms with Crippen molar-refractivity contribution in [2.45, 2.75) is 19.6 Å². The molecule has 1 aromatic heterocycles. The maximum absolute atomic E-state index is 5.19. The minimum absolute atomic E-state index is 0.628. The Morgan fingerprint density at radius 1 is 0.274 bits per heavy atom. The highest BCUT2D eigenvalue weighted by Gasteiger charge is 2.17. The minimum Gasteiger partial charge on any atom is -0.208 e.